The van der Waals surface area contributed by atoms with Crippen LogP contribution < -0.4 is 10.4 Å². The molecule has 4 aromatic rings. The molecule has 5 rings (SSSR count). The van der Waals surface area contributed by atoms with Gasteiger partial charge in [-0.3, -0.25) is 13.9 Å². The maximum Gasteiger partial charge on any atom is 0.329 e. The Morgan fingerprint density at radius 3 is 2.74 bits per heavy atom. The number of para-hydroxylation sites is 3. The van der Waals surface area contributed by atoms with Crippen LogP contribution in [0.4, 0.5) is 0 Å². The number of fused-ring (bicyclic) bond motifs is 1. The number of hydrogen-bond acceptors (Lipinski definition) is 5. The highest BCUT2D eigenvalue weighted by Crippen LogP contribution is 2.28. The standard InChI is InChI=1S/C26H28N4O4/c1-28-21-10-4-5-11-22(21)30(26(28)32)17-24(31)29-13-7-9-19(16-29)25-27-15-20(34-25)14-18-8-3-6-12-23(18)33-2/h3-6,8,10-12,15,19H,7,9,13-14,16-17H2,1-2H3/t19-/m0/s1. The molecule has 8 heteroatoms. The van der Waals surface area contributed by atoms with Crippen LogP contribution in [0.2, 0.25) is 0 Å². The fourth-order valence-corrected chi connectivity index (χ4v) is 4.79. The predicted molar refractivity (Wildman–Crippen MR) is 128 cm³/mol. The van der Waals surface area contributed by atoms with Gasteiger partial charge < -0.3 is 14.1 Å². The number of likely N-dealkylation sites (tertiary alicyclic amines) is 1. The largest absolute Gasteiger partial charge is 0.496 e. The van der Waals surface area contributed by atoms with E-state index in [1.165, 1.54) is 0 Å². The number of aromatic nitrogens is 3. The molecule has 1 saturated heterocycles. The van der Waals surface area contributed by atoms with E-state index in [0.717, 1.165) is 40.9 Å². The van der Waals surface area contributed by atoms with Gasteiger partial charge >= 0.3 is 5.69 Å². The number of ether oxygens (including phenoxy) is 1. The zero-order valence-electron chi connectivity index (χ0n) is 19.4. The van der Waals surface area contributed by atoms with E-state index in [1.807, 2.05) is 53.4 Å². The molecule has 34 heavy (non-hydrogen) atoms. The Labute approximate surface area is 197 Å². The van der Waals surface area contributed by atoms with Gasteiger partial charge in [0.2, 0.25) is 5.91 Å². The number of nitrogens with zero attached hydrogens (tertiary/aromatic N) is 4. The summed E-state index contributed by atoms with van der Waals surface area (Å²) in [6.07, 6.45) is 4.13. The molecule has 0 spiro atoms. The van der Waals surface area contributed by atoms with Crippen molar-refractivity contribution >= 4 is 16.9 Å². The number of piperidine rings is 1. The lowest BCUT2D eigenvalue weighted by Gasteiger charge is -2.31. The number of amides is 1. The lowest BCUT2D eigenvalue weighted by atomic mass is 9.98. The van der Waals surface area contributed by atoms with E-state index in [0.29, 0.717) is 25.4 Å². The van der Waals surface area contributed by atoms with Crippen LogP contribution >= 0.6 is 0 Å². The van der Waals surface area contributed by atoms with Crippen molar-refractivity contribution in [3.8, 4) is 5.75 Å². The average molecular weight is 461 g/mol. The van der Waals surface area contributed by atoms with Crippen molar-refractivity contribution in [1.82, 2.24) is 19.0 Å². The predicted octanol–water partition coefficient (Wildman–Crippen LogP) is 3.33. The first-order valence-electron chi connectivity index (χ1n) is 11.5. The fourth-order valence-electron chi connectivity index (χ4n) is 4.79. The highest BCUT2D eigenvalue weighted by molar-refractivity contribution is 5.81. The lowest BCUT2D eigenvalue weighted by molar-refractivity contribution is -0.133. The van der Waals surface area contributed by atoms with E-state index < -0.39 is 0 Å². The minimum atomic E-state index is -0.184. The van der Waals surface area contributed by atoms with Crippen molar-refractivity contribution in [3.05, 3.63) is 82.4 Å². The third-order valence-electron chi connectivity index (χ3n) is 6.60. The summed E-state index contributed by atoms with van der Waals surface area (Å²) in [6.45, 7) is 1.23. The molecule has 1 atom stereocenters. The van der Waals surface area contributed by atoms with Crippen LogP contribution in [-0.4, -0.2) is 45.1 Å². The van der Waals surface area contributed by atoms with Crippen molar-refractivity contribution in [2.24, 2.45) is 7.05 Å². The summed E-state index contributed by atoms with van der Waals surface area (Å²) in [7, 11) is 3.39. The molecule has 0 aliphatic carbocycles. The van der Waals surface area contributed by atoms with Gasteiger partial charge in [-0.05, 0) is 31.0 Å². The number of benzene rings is 2. The lowest BCUT2D eigenvalue weighted by Crippen LogP contribution is -2.42. The van der Waals surface area contributed by atoms with E-state index >= 15 is 0 Å². The quantitative estimate of drug-likeness (QED) is 0.441. The summed E-state index contributed by atoms with van der Waals surface area (Å²) < 4.78 is 14.7. The fraction of sp³-hybridized carbons (Fsp3) is 0.346. The minimum Gasteiger partial charge on any atom is -0.496 e. The highest BCUT2D eigenvalue weighted by Gasteiger charge is 2.28. The summed E-state index contributed by atoms with van der Waals surface area (Å²) in [4.78, 5) is 32.2. The van der Waals surface area contributed by atoms with Gasteiger partial charge in [0.15, 0.2) is 5.89 Å². The van der Waals surface area contributed by atoms with Gasteiger partial charge in [0.05, 0.1) is 30.3 Å². The van der Waals surface area contributed by atoms with Gasteiger partial charge in [0, 0.05) is 32.1 Å². The number of oxazole rings is 1. The van der Waals surface area contributed by atoms with Gasteiger partial charge in [0.1, 0.15) is 18.1 Å². The van der Waals surface area contributed by atoms with Gasteiger partial charge in [-0.1, -0.05) is 30.3 Å². The van der Waals surface area contributed by atoms with Crippen LogP contribution in [0.25, 0.3) is 11.0 Å². The zero-order valence-corrected chi connectivity index (χ0v) is 19.4. The van der Waals surface area contributed by atoms with Crippen molar-refractivity contribution in [2.75, 3.05) is 20.2 Å². The smallest absolute Gasteiger partial charge is 0.329 e. The van der Waals surface area contributed by atoms with Crippen molar-refractivity contribution < 1.29 is 13.9 Å². The summed E-state index contributed by atoms with van der Waals surface area (Å²) in [5.74, 6) is 2.21. The molecule has 176 valence electrons. The van der Waals surface area contributed by atoms with Crippen LogP contribution in [0.3, 0.4) is 0 Å². The molecule has 0 bridgehead atoms. The van der Waals surface area contributed by atoms with Crippen LogP contribution in [0.1, 0.15) is 36.0 Å². The minimum absolute atomic E-state index is 0.0253. The Morgan fingerprint density at radius 1 is 1.15 bits per heavy atom. The van der Waals surface area contributed by atoms with E-state index in [9.17, 15) is 9.59 Å². The Balaban J connectivity index is 1.29. The third kappa shape index (κ3) is 4.11. The average Bonchev–Trinajstić information content (AvgIpc) is 3.43. The number of rotatable bonds is 6. The van der Waals surface area contributed by atoms with Crippen molar-refractivity contribution in [2.45, 2.75) is 31.7 Å². The molecule has 1 aliphatic heterocycles. The SMILES string of the molecule is COc1ccccc1Cc1cnc([C@H]2CCCN(C(=O)Cn3c(=O)n(C)c4ccccc43)C2)o1. The normalized spacial score (nSPS) is 16.2. The van der Waals surface area contributed by atoms with E-state index in [2.05, 4.69) is 4.98 Å². The molecule has 2 aromatic carbocycles. The van der Waals surface area contributed by atoms with Gasteiger partial charge in [0.25, 0.3) is 0 Å². The number of aryl methyl sites for hydroxylation is 1. The highest BCUT2D eigenvalue weighted by atomic mass is 16.5. The van der Waals surface area contributed by atoms with E-state index in [4.69, 9.17) is 9.15 Å². The summed E-state index contributed by atoms with van der Waals surface area (Å²) >= 11 is 0. The van der Waals surface area contributed by atoms with Crippen LogP contribution in [0, 0.1) is 0 Å². The molecule has 8 nitrogen and oxygen atoms in total. The molecular formula is C26H28N4O4. The third-order valence-corrected chi connectivity index (χ3v) is 6.60. The van der Waals surface area contributed by atoms with Crippen LogP contribution in [-0.2, 0) is 24.8 Å². The van der Waals surface area contributed by atoms with Gasteiger partial charge in [-0.15, -0.1) is 0 Å². The Hall–Kier alpha value is -3.81. The number of methoxy groups -OCH3 is 1. The summed E-state index contributed by atoms with van der Waals surface area (Å²) in [5.41, 5.74) is 2.44. The molecule has 0 unspecified atom stereocenters. The van der Waals surface area contributed by atoms with Crippen molar-refractivity contribution in [3.63, 3.8) is 0 Å². The number of carbonyl (C=O) groups excluding carboxylic acids is 1. The van der Waals surface area contributed by atoms with Gasteiger partial charge in [-0.2, -0.15) is 0 Å². The molecule has 3 heterocycles. The molecular weight excluding hydrogens is 432 g/mol. The maximum atomic E-state index is 13.2. The summed E-state index contributed by atoms with van der Waals surface area (Å²) in [6, 6.07) is 15.4. The van der Waals surface area contributed by atoms with Crippen LogP contribution in [0.15, 0.2) is 63.9 Å². The Bertz CT molecular complexity index is 1380. The van der Waals surface area contributed by atoms with Crippen LogP contribution in [0.5, 0.6) is 5.75 Å². The summed E-state index contributed by atoms with van der Waals surface area (Å²) in [5, 5.41) is 0. The Morgan fingerprint density at radius 2 is 1.91 bits per heavy atom. The zero-order chi connectivity index (χ0) is 23.7. The first kappa shape index (κ1) is 22.0. The number of carbonyl (C=O) groups is 1. The second-order valence-electron chi connectivity index (χ2n) is 8.75. The molecule has 1 aliphatic rings. The molecule has 2 aromatic heterocycles. The van der Waals surface area contributed by atoms with Gasteiger partial charge in [-0.25, -0.2) is 9.78 Å². The number of hydrogen-bond donors (Lipinski definition) is 0. The van der Waals surface area contributed by atoms with E-state index in [1.54, 1.807) is 29.5 Å². The first-order valence-corrected chi connectivity index (χ1v) is 11.5. The maximum absolute atomic E-state index is 13.2. The van der Waals surface area contributed by atoms with E-state index in [-0.39, 0.29) is 24.1 Å². The first-order chi connectivity index (χ1) is 16.5. The molecule has 0 saturated carbocycles. The molecule has 0 N–H and O–H groups in total. The van der Waals surface area contributed by atoms with Crippen molar-refractivity contribution in [1.29, 1.82) is 0 Å². The second-order valence-corrected chi connectivity index (χ2v) is 8.75. The number of imidazole rings is 1. The monoisotopic (exact) mass is 460 g/mol. The second kappa shape index (κ2) is 9.21. The Kier molecular flexibility index (Phi) is 5.96. The molecule has 0 radical (unpaired) electrons. The molecule has 1 fully saturated rings. The topological polar surface area (TPSA) is 82.5 Å². The molecule has 1 amide bonds.